The van der Waals surface area contributed by atoms with Gasteiger partial charge in [-0.25, -0.2) is 4.79 Å². The van der Waals surface area contributed by atoms with E-state index in [0.717, 1.165) is 64.2 Å². The zero-order valence-electron chi connectivity index (χ0n) is 38.7. The van der Waals surface area contributed by atoms with Gasteiger partial charge in [-0.15, -0.1) is 0 Å². The second-order valence-electron chi connectivity index (χ2n) is 17.4. The molecule has 2 aromatic rings. The zero-order valence-corrected chi connectivity index (χ0v) is 38.7. The molecular formula is C48H73N7O11. The Morgan fingerprint density at radius 3 is 1.44 bits per heavy atom. The summed E-state index contributed by atoms with van der Waals surface area (Å²) in [5, 5.41) is 42.4. The number of aliphatic hydroxyl groups excluding tert-OH is 1. The fourth-order valence-corrected chi connectivity index (χ4v) is 7.32. The van der Waals surface area contributed by atoms with Crippen LogP contribution in [0.4, 0.5) is 0 Å². The van der Waals surface area contributed by atoms with E-state index in [1.54, 1.807) is 42.5 Å². The number of aliphatic hydroxyl groups is 1. The second-order valence-corrected chi connectivity index (χ2v) is 17.4. The predicted octanol–water partition coefficient (Wildman–Crippen LogP) is 2.94. The quantitative estimate of drug-likeness (QED) is 0.0455. The lowest BCUT2D eigenvalue weighted by Crippen LogP contribution is -2.59. The summed E-state index contributed by atoms with van der Waals surface area (Å²) in [7, 11) is 0. The molecule has 18 heteroatoms. The van der Waals surface area contributed by atoms with E-state index in [1.807, 2.05) is 13.8 Å². The Hall–Kier alpha value is -6.04. The molecule has 0 aromatic heterocycles. The van der Waals surface area contributed by atoms with Gasteiger partial charge in [0.25, 0.3) is 0 Å². The van der Waals surface area contributed by atoms with E-state index in [9.17, 15) is 53.7 Å². The fraction of sp³-hybridized carbons (Fsp3) is 0.583. The Bertz CT molecular complexity index is 1840. The van der Waals surface area contributed by atoms with E-state index in [2.05, 4.69) is 26.6 Å². The lowest BCUT2D eigenvalue weighted by Gasteiger charge is -2.26. The van der Waals surface area contributed by atoms with Crippen molar-refractivity contribution in [3.63, 3.8) is 0 Å². The van der Waals surface area contributed by atoms with E-state index in [1.165, 1.54) is 19.1 Å². The van der Waals surface area contributed by atoms with E-state index in [-0.39, 0.29) is 43.8 Å². The highest BCUT2D eigenvalue weighted by Crippen LogP contribution is 2.15. The number of aromatic hydroxyl groups is 1. The van der Waals surface area contributed by atoms with Gasteiger partial charge in [-0.1, -0.05) is 121 Å². The van der Waals surface area contributed by atoms with Crippen LogP contribution in [-0.4, -0.2) is 99.0 Å². The molecule has 0 fully saturated rings. The number of unbranched alkanes of at least 4 members (excludes halogenated alkanes) is 11. The number of carbonyl (C=O) groups is 8. The van der Waals surface area contributed by atoms with Gasteiger partial charge < -0.3 is 53.4 Å². The first kappa shape index (κ1) is 56.1. The van der Waals surface area contributed by atoms with Gasteiger partial charge in [0, 0.05) is 25.7 Å². The van der Waals surface area contributed by atoms with Gasteiger partial charge in [0.2, 0.25) is 41.4 Å². The lowest BCUT2D eigenvalue weighted by molar-refractivity contribution is -0.142. The molecule has 0 heterocycles. The summed E-state index contributed by atoms with van der Waals surface area (Å²) in [4.78, 5) is 101. The number of benzene rings is 2. The maximum atomic E-state index is 13.3. The third-order valence-electron chi connectivity index (χ3n) is 11.0. The van der Waals surface area contributed by atoms with Crippen molar-refractivity contribution in [1.29, 1.82) is 0 Å². The molecule has 2 aromatic carbocycles. The van der Waals surface area contributed by atoms with Crippen molar-refractivity contribution in [2.45, 2.75) is 173 Å². The van der Waals surface area contributed by atoms with Crippen molar-refractivity contribution < 1.29 is 53.7 Å². The highest BCUT2D eigenvalue weighted by molar-refractivity contribution is 5.95. The van der Waals surface area contributed by atoms with Gasteiger partial charge in [-0.2, -0.15) is 0 Å². The minimum absolute atomic E-state index is 0.0312. The Morgan fingerprint density at radius 2 is 0.970 bits per heavy atom. The number of aliphatic carboxylic acids is 1. The molecule has 0 unspecified atom stereocenters. The molecule has 366 valence electrons. The van der Waals surface area contributed by atoms with Crippen molar-refractivity contribution in [1.82, 2.24) is 26.6 Å². The number of carboxylic acid groups (broad SMARTS) is 1. The number of carbonyl (C=O) groups excluding carboxylic acids is 7. The standard InChI is InChI=1S/C48H73N7O11/c1-31(2)27-37(45(62)52-36(44(50)61)28-34-23-25-35(57)26-24-34)53-47(64)43(32(3)56)55-42(60)22-18-13-11-9-7-5-4-6-8-10-12-17-21-41(59)51-38(30-40(49)58)46(63)54-39(48(65)66)29-33-19-15-14-16-20-33/h14-16,19-20,23-26,31-32,36-39,43,56-57H,4-13,17-18,21-22,27-30H2,1-3H3,(H2,49,58)(H2,50,61)(H,51,59)(H,52,62)(H,53,64)(H,54,63)(H,55,60)(H,65,66)/t32-,36+,37+,38+,39+,43+/m1/s1. The minimum Gasteiger partial charge on any atom is -0.508 e. The van der Waals surface area contributed by atoms with Gasteiger partial charge in [0.15, 0.2) is 0 Å². The predicted molar refractivity (Wildman–Crippen MR) is 248 cm³/mol. The number of primary amides is 2. The smallest absolute Gasteiger partial charge is 0.326 e. The summed E-state index contributed by atoms with van der Waals surface area (Å²) in [5.74, 6) is -5.80. The maximum absolute atomic E-state index is 13.3. The van der Waals surface area contributed by atoms with E-state index < -0.39 is 90.1 Å². The molecule has 0 spiro atoms. The number of amides is 7. The van der Waals surface area contributed by atoms with Crippen LogP contribution >= 0.6 is 0 Å². The first-order valence-corrected chi connectivity index (χ1v) is 23.2. The minimum atomic E-state index is -1.30. The highest BCUT2D eigenvalue weighted by atomic mass is 16.4. The molecule has 66 heavy (non-hydrogen) atoms. The van der Waals surface area contributed by atoms with Crippen LogP contribution in [0, 0.1) is 5.92 Å². The third kappa shape index (κ3) is 23.8. The van der Waals surface area contributed by atoms with Crippen molar-refractivity contribution in [2.24, 2.45) is 17.4 Å². The molecule has 0 bridgehead atoms. The largest absolute Gasteiger partial charge is 0.508 e. The van der Waals surface area contributed by atoms with E-state index in [4.69, 9.17) is 11.5 Å². The molecule has 18 nitrogen and oxygen atoms in total. The maximum Gasteiger partial charge on any atom is 0.326 e. The number of phenolic OH excluding ortho intramolecular Hbond substituents is 1. The van der Waals surface area contributed by atoms with Gasteiger partial charge in [0.05, 0.1) is 12.5 Å². The second kappa shape index (κ2) is 31.0. The SMILES string of the molecule is CC(C)C[C@H](NC(=O)[C@@H](NC(=O)CCCCCCCCCCCCCCC(=O)N[C@@H](CC(N)=O)C(=O)N[C@@H](Cc1ccccc1)C(=O)O)[C@@H](C)O)C(=O)N[C@@H](Cc1ccc(O)cc1)C(N)=O. The molecule has 2 rings (SSSR count). The Morgan fingerprint density at radius 1 is 0.530 bits per heavy atom. The van der Waals surface area contributed by atoms with Gasteiger partial charge in [-0.3, -0.25) is 33.6 Å². The zero-order chi connectivity index (χ0) is 49.0. The molecular weight excluding hydrogens is 851 g/mol. The first-order valence-electron chi connectivity index (χ1n) is 23.2. The topological polar surface area (TPSA) is 309 Å². The van der Waals surface area contributed by atoms with Crippen molar-refractivity contribution in [3.05, 3.63) is 65.7 Å². The third-order valence-corrected chi connectivity index (χ3v) is 11.0. The van der Waals surface area contributed by atoms with Crippen LogP contribution in [-0.2, 0) is 51.2 Å². The summed E-state index contributed by atoms with van der Waals surface area (Å²) < 4.78 is 0. The number of rotatable bonds is 34. The average Bonchev–Trinajstić information content (AvgIpc) is 3.25. The molecule has 0 aliphatic heterocycles. The van der Waals surface area contributed by atoms with Crippen LogP contribution in [0.1, 0.15) is 135 Å². The van der Waals surface area contributed by atoms with Crippen LogP contribution in [0.2, 0.25) is 0 Å². The van der Waals surface area contributed by atoms with Gasteiger partial charge in [-0.05, 0) is 55.4 Å². The van der Waals surface area contributed by atoms with Gasteiger partial charge in [0.1, 0.15) is 36.0 Å². The Kier molecular flexibility index (Phi) is 26.3. The van der Waals surface area contributed by atoms with Gasteiger partial charge >= 0.3 is 5.97 Å². The number of carboxylic acids is 1. The fourth-order valence-electron chi connectivity index (χ4n) is 7.32. The lowest BCUT2D eigenvalue weighted by atomic mass is 10.0. The molecule has 0 radical (unpaired) electrons. The summed E-state index contributed by atoms with van der Waals surface area (Å²) in [6.07, 6.45) is 9.90. The summed E-state index contributed by atoms with van der Waals surface area (Å²) in [6.45, 7) is 5.09. The first-order chi connectivity index (χ1) is 31.4. The van der Waals surface area contributed by atoms with Crippen LogP contribution < -0.4 is 38.1 Å². The Labute approximate surface area is 388 Å². The molecule has 0 aliphatic rings. The van der Waals surface area contributed by atoms with Crippen LogP contribution in [0.3, 0.4) is 0 Å². The molecule has 0 saturated carbocycles. The number of hydrogen-bond acceptors (Lipinski definition) is 10. The van der Waals surface area contributed by atoms with E-state index in [0.29, 0.717) is 24.0 Å². The Balaban J connectivity index is 1.63. The molecule has 12 N–H and O–H groups in total. The van der Waals surface area contributed by atoms with Crippen molar-refractivity contribution in [2.75, 3.05) is 0 Å². The molecule has 0 saturated heterocycles. The summed E-state index contributed by atoms with van der Waals surface area (Å²) in [5.41, 5.74) is 12.2. The van der Waals surface area contributed by atoms with Crippen LogP contribution in [0.5, 0.6) is 5.75 Å². The molecule has 6 atom stereocenters. The molecule has 7 amide bonds. The van der Waals surface area contributed by atoms with Crippen molar-refractivity contribution in [3.8, 4) is 5.75 Å². The molecule has 0 aliphatic carbocycles. The van der Waals surface area contributed by atoms with E-state index >= 15 is 0 Å². The van der Waals surface area contributed by atoms with Crippen LogP contribution in [0.25, 0.3) is 0 Å². The number of nitrogens with two attached hydrogens (primary N) is 2. The summed E-state index contributed by atoms with van der Waals surface area (Å²) in [6, 6.07) is 8.88. The number of hydrogen-bond donors (Lipinski definition) is 10. The van der Waals surface area contributed by atoms with Crippen LogP contribution in [0.15, 0.2) is 54.6 Å². The number of nitrogens with one attached hydrogen (secondary N) is 5. The monoisotopic (exact) mass is 924 g/mol. The average molecular weight is 924 g/mol. The highest BCUT2D eigenvalue weighted by Gasteiger charge is 2.32. The van der Waals surface area contributed by atoms with Crippen molar-refractivity contribution >= 4 is 47.3 Å². The number of phenols is 1. The normalized spacial score (nSPS) is 13.8. The summed E-state index contributed by atoms with van der Waals surface area (Å²) >= 11 is 0.